The Morgan fingerprint density at radius 1 is 1.64 bits per heavy atom. The molecule has 60 valence electrons. The summed E-state index contributed by atoms with van der Waals surface area (Å²) in [6.07, 6.45) is 2.98. The molecule has 0 bridgehead atoms. The Morgan fingerprint density at radius 2 is 2.45 bits per heavy atom. The van der Waals surface area contributed by atoms with E-state index >= 15 is 0 Å². The topological polar surface area (TPSA) is 58.9 Å². The number of fused-ring (bicyclic) bond motifs is 1. The maximum absolute atomic E-state index is 10.5. The zero-order valence-corrected chi connectivity index (χ0v) is 5.99. The highest BCUT2D eigenvalue weighted by Crippen LogP contribution is 2.33. The highest BCUT2D eigenvalue weighted by atomic mass is 16.6. The predicted octanol–water partition coefficient (Wildman–Crippen LogP) is 0.626. The molecule has 11 heavy (non-hydrogen) atoms. The van der Waals surface area contributed by atoms with Crippen molar-refractivity contribution in [2.45, 2.75) is 25.4 Å². The van der Waals surface area contributed by atoms with Gasteiger partial charge in [-0.3, -0.25) is 0 Å². The Bertz CT molecular complexity index is 224. The van der Waals surface area contributed by atoms with E-state index < -0.39 is 5.97 Å². The van der Waals surface area contributed by atoms with E-state index in [9.17, 15) is 4.79 Å². The molecule has 1 aliphatic heterocycles. The van der Waals surface area contributed by atoms with Crippen molar-refractivity contribution < 1.29 is 14.7 Å². The molecule has 0 aromatic rings. The fourth-order valence-corrected chi connectivity index (χ4v) is 1.75. The van der Waals surface area contributed by atoms with Gasteiger partial charge in [-0.15, -0.1) is 0 Å². The van der Waals surface area contributed by atoms with E-state index in [1.54, 1.807) is 0 Å². The quantitative estimate of drug-likeness (QED) is 0.604. The monoisotopic (exact) mass is 155 g/mol. The molecule has 1 aliphatic carbocycles. The molecular weight excluding hydrogens is 146 g/mol. The van der Waals surface area contributed by atoms with Gasteiger partial charge in [0.15, 0.2) is 5.71 Å². The van der Waals surface area contributed by atoms with Crippen molar-refractivity contribution in [3.05, 3.63) is 0 Å². The van der Waals surface area contributed by atoms with E-state index in [1.807, 2.05) is 0 Å². The normalized spacial score (nSPS) is 34.4. The van der Waals surface area contributed by atoms with E-state index in [4.69, 9.17) is 9.94 Å². The van der Waals surface area contributed by atoms with Crippen LogP contribution < -0.4 is 0 Å². The van der Waals surface area contributed by atoms with Gasteiger partial charge in [-0.1, -0.05) is 5.16 Å². The van der Waals surface area contributed by atoms with Crippen LogP contribution >= 0.6 is 0 Å². The van der Waals surface area contributed by atoms with Crippen LogP contribution in [0.1, 0.15) is 19.3 Å². The molecule has 4 heteroatoms. The van der Waals surface area contributed by atoms with E-state index in [-0.39, 0.29) is 17.7 Å². The van der Waals surface area contributed by atoms with Gasteiger partial charge in [0.05, 0.1) is 5.92 Å². The number of carbonyl (C=O) groups is 1. The minimum atomic E-state index is -0.931. The lowest BCUT2D eigenvalue weighted by Crippen LogP contribution is -2.23. The third-order valence-corrected chi connectivity index (χ3v) is 2.31. The second-order valence-corrected chi connectivity index (χ2v) is 2.96. The van der Waals surface area contributed by atoms with Crippen LogP contribution in [0.4, 0.5) is 0 Å². The van der Waals surface area contributed by atoms with Gasteiger partial charge >= 0.3 is 5.97 Å². The summed E-state index contributed by atoms with van der Waals surface area (Å²) in [7, 11) is 0. The van der Waals surface area contributed by atoms with E-state index in [2.05, 4.69) is 5.16 Å². The first-order valence-electron chi connectivity index (χ1n) is 3.76. The van der Waals surface area contributed by atoms with Crippen LogP contribution in [0.5, 0.6) is 0 Å². The summed E-state index contributed by atoms with van der Waals surface area (Å²) in [6.45, 7) is 0. The summed E-state index contributed by atoms with van der Waals surface area (Å²) in [5, 5.41) is 12.2. The molecule has 0 aromatic carbocycles. The van der Waals surface area contributed by atoms with Crippen molar-refractivity contribution in [2.75, 3.05) is 0 Å². The first-order valence-corrected chi connectivity index (χ1v) is 3.76. The Morgan fingerprint density at radius 3 is 3.18 bits per heavy atom. The third kappa shape index (κ3) is 0.895. The van der Waals surface area contributed by atoms with Crippen molar-refractivity contribution in [1.82, 2.24) is 0 Å². The van der Waals surface area contributed by atoms with Crippen LogP contribution in [-0.4, -0.2) is 22.9 Å². The van der Waals surface area contributed by atoms with Crippen molar-refractivity contribution in [1.29, 1.82) is 0 Å². The Balaban J connectivity index is 2.18. The van der Waals surface area contributed by atoms with Crippen LogP contribution in [0.3, 0.4) is 0 Å². The lowest BCUT2D eigenvalue weighted by Gasteiger charge is -2.04. The lowest BCUT2D eigenvalue weighted by molar-refractivity contribution is -0.129. The number of rotatable bonds is 1. The predicted molar refractivity (Wildman–Crippen MR) is 37.3 cm³/mol. The number of hydrogen-bond donors (Lipinski definition) is 1. The van der Waals surface area contributed by atoms with Gasteiger partial charge in [0.1, 0.15) is 6.10 Å². The van der Waals surface area contributed by atoms with E-state index in [1.165, 1.54) is 0 Å². The molecule has 0 spiro atoms. The van der Waals surface area contributed by atoms with E-state index in [0.29, 0.717) is 0 Å². The van der Waals surface area contributed by atoms with Crippen LogP contribution in [0.25, 0.3) is 0 Å². The molecule has 4 nitrogen and oxygen atoms in total. The van der Waals surface area contributed by atoms with Gasteiger partial charge in [0.2, 0.25) is 0 Å². The lowest BCUT2D eigenvalue weighted by atomic mass is 10.0. The average molecular weight is 155 g/mol. The minimum absolute atomic E-state index is 0.0566. The molecule has 0 amide bonds. The first kappa shape index (κ1) is 6.64. The van der Waals surface area contributed by atoms with Crippen LogP contribution in [0.2, 0.25) is 0 Å². The molecule has 2 atom stereocenters. The Kier molecular flexibility index (Phi) is 1.34. The minimum Gasteiger partial charge on any atom is -0.477 e. The van der Waals surface area contributed by atoms with Gasteiger partial charge in [-0.05, 0) is 19.3 Å². The number of aliphatic carboxylic acids is 1. The third-order valence-electron chi connectivity index (χ3n) is 2.31. The zero-order chi connectivity index (χ0) is 7.84. The van der Waals surface area contributed by atoms with Crippen molar-refractivity contribution >= 4 is 11.7 Å². The fraction of sp³-hybridized carbons (Fsp3) is 0.714. The van der Waals surface area contributed by atoms with Gasteiger partial charge in [0.25, 0.3) is 0 Å². The van der Waals surface area contributed by atoms with Crippen molar-refractivity contribution in [3.8, 4) is 0 Å². The first-order chi connectivity index (χ1) is 5.29. The molecular formula is C7H9NO3. The van der Waals surface area contributed by atoms with Crippen LogP contribution in [-0.2, 0) is 9.63 Å². The standard InChI is InChI=1S/C7H9NO3/c9-7(10)6-4-2-1-3-5(4)11-8-6/h4-5H,1-3H2,(H,9,10)/t4-,5+/m0/s1. The summed E-state index contributed by atoms with van der Waals surface area (Å²) in [5.74, 6) is -0.869. The molecule has 0 radical (unpaired) electrons. The molecule has 1 N–H and O–H groups in total. The second kappa shape index (κ2) is 2.22. The van der Waals surface area contributed by atoms with Crippen LogP contribution in [0, 0.1) is 5.92 Å². The summed E-state index contributed by atoms with van der Waals surface area (Å²) in [4.78, 5) is 15.5. The molecule has 0 saturated heterocycles. The number of carboxylic acids is 1. The van der Waals surface area contributed by atoms with Gasteiger partial charge < -0.3 is 9.94 Å². The molecule has 2 aliphatic rings. The number of oxime groups is 1. The molecule has 0 aromatic heterocycles. The molecule has 0 unspecified atom stereocenters. The summed E-state index contributed by atoms with van der Waals surface area (Å²) in [5.41, 5.74) is 0.215. The molecule has 2 rings (SSSR count). The Hall–Kier alpha value is -1.06. The Labute approximate surface area is 63.8 Å². The van der Waals surface area contributed by atoms with Crippen molar-refractivity contribution in [3.63, 3.8) is 0 Å². The molecule has 1 fully saturated rings. The summed E-state index contributed by atoms with van der Waals surface area (Å²) < 4.78 is 0. The second-order valence-electron chi connectivity index (χ2n) is 2.96. The largest absolute Gasteiger partial charge is 0.477 e. The smallest absolute Gasteiger partial charge is 0.354 e. The fourth-order valence-electron chi connectivity index (χ4n) is 1.75. The van der Waals surface area contributed by atoms with Crippen LogP contribution in [0.15, 0.2) is 5.16 Å². The summed E-state index contributed by atoms with van der Waals surface area (Å²) in [6, 6.07) is 0. The van der Waals surface area contributed by atoms with Gasteiger partial charge in [-0.2, -0.15) is 0 Å². The van der Waals surface area contributed by atoms with E-state index in [0.717, 1.165) is 19.3 Å². The van der Waals surface area contributed by atoms with Gasteiger partial charge in [-0.25, -0.2) is 4.79 Å². The number of carboxylic acid groups (broad SMARTS) is 1. The zero-order valence-electron chi connectivity index (χ0n) is 5.99. The maximum Gasteiger partial charge on any atom is 0.354 e. The summed E-state index contributed by atoms with van der Waals surface area (Å²) >= 11 is 0. The van der Waals surface area contributed by atoms with Gasteiger partial charge in [0, 0.05) is 0 Å². The molecule has 1 saturated carbocycles. The van der Waals surface area contributed by atoms with Crippen molar-refractivity contribution in [2.24, 2.45) is 11.1 Å². The maximum atomic E-state index is 10.5. The highest BCUT2D eigenvalue weighted by molar-refractivity contribution is 6.36. The highest BCUT2D eigenvalue weighted by Gasteiger charge is 2.41. The molecule has 1 heterocycles. The number of nitrogens with zero attached hydrogens (tertiary/aromatic N) is 1. The number of hydrogen-bond acceptors (Lipinski definition) is 3. The SMILES string of the molecule is O=C(O)C1=NO[C@@H]2CCC[C@H]12. The average Bonchev–Trinajstić information content (AvgIpc) is 2.41.